The quantitative estimate of drug-likeness (QED) is 0.565. The molecule has 2 nitrogen and oxygen atoms in total. The van der Waals surface area contributed by atoms with E-state index in [1.54, 1.807) is 0 Å². The van der Waals surface area contributed by atoms with E-state index in [1.807, 2.05) is 0 Å². The van der Waals surface area contributed by atoms with Crippen molar-refractivity contribution in [2.24, 2.45) is 0 Å². The molecule has 0 aromatic carbocycles. The van der Waals surface area contributed by atoms with Gasteiger partial charge in [-0.05, 0) is 6.92 Å². The normalized spacial score (nSPS) is 11.7. The second-order valence-corrected chi connectivity index (χ2v) is 0.935. The SMILES string of the molecule is CC(F)C(=O)[O-].[Tl+]. The maximum atomic E-state index is 11.2. The van der Waals surface area contributed by atoms with Gasteiger partial charge in [0.25, 0.3) is 0 Å². The van der Waals surface area contributed by atoms with Crippen molar-refractivity contribution in [3.63, 3.8) is 0 Å². The van der Waals surface area contributed by atoms with Crippen molar-refractivity contribution in [1.82, 2.24) is 0 Å². The maximum Gasteiger partial charge on any atom is 1.00 e. The molecule has 0 aromatic rings. The molecule has 0 aliphatic heterocycles. The summed E-state index contributed by atoms with van der Waals surface area (Å²) in [6.45, 7) is 0.912. The number of carboxylic acids is 1. The van der Waals surface area contributed by atoms with E-state index in [-0.39, 0.29) is 27.3 Å². The van der Waals surface area contributed by atoms with Crippen LogP contribution in [-0.2, 0) is 4.79 Å². The molecule has 0 saturated carbocycles. The van der Waals surface area contributed by atoms with Gasteiger partial charge in [0, 0.05) is 0 Å². The summed E-state index contributed by atoms with van der Waals surface area (Å²) in [5.41, 5.74) is 0. The van der Waals surface area contributed by atoms with E-state index in [1.165, 1.54) is 0 Å². The summed E-state index contributed by atoms with van der Waals surface area (Å²) in [7, 11) is 0. The second kappa shape index (κ2) is 4.48. The fourth-order valence-corrected chi connectivity index (χ4v) is 0. The third-order valence-corrected chi connectivity index (χ3v) is 0.325. The number of carbonyl (C=O) groups excluding carboxylic acids is 1. The summed E-state index contributed by atoms with van der Waals surface area (Å²) >= 11 is 0. The number of halogens is 1. The van der Waals surface area contributed by atoms with E-state index in [9.17, 15) is 14.3 Å². The molecule has 0 fully saturated rings. The van der Waals surface area contributed by atoms with Gasteiger partial charge in [-0.1, -0.05) is 0 Å². The number of carboxylic acid groups (broad SMARTS) is 1. The third-order valence-electron chi connectivity index (χ3n) is 0.325. The molecular formula is C3H4FO2Tl. The van der Waals surface area contributed by atoms with E-state index in [0.717, 1.165) is 6.92 Å². The first-order valence-electron chi connectivity index (χ1n) is 1.49. The summed E-state index contributed by atoms with van der Waals surface area (Å²) in [6, 6.07) is 0. The zero-order valence-corrected chi connectivity index (χ0v) is 8.34. The van der Waals surface area contributed by atoms with Gasteiger partial charge in [0.1, 0.15) is 6.17 Å². The minimum absolute atomic E-state index is 0. The Bertz CT molecular complexity index is 64.0. The number of hydrogen-bond donors (Lipinski definition) is 0. The number of carbonyl (C=O) groups is 1. The Balaban J connectivity index is 0. The number of hydrogen-bond acceptors (Lipinski definition) is 2. The van der Waals surface area contributed by atoms with Crippen molar-refractivity contribution in [2.75, 3.05) is 0 Å². The van der Waals surface area contributed by atoms with Gasteiger partial charge < -0.3 is 9.90 Å². The van der Waals surface area contributed by atoms with Crippen LogP contribution >= 0.6 is 0 Å². The zero-order chi connectivity index (χ0) is 5.15. The van der Waals surface area contributed by atoms with Gasteiger partial charge in [-0.2, -0.15) is 0 Å². The van der Waals surface area contributed by atoms with Crippen molar-refractivity contribution in [2.45, 2.75) is 13.1 Å². The summed E-state index contributed by atoms with van der Waals surface area (Å²) < 4.78 is 11.2. The summed E-state index contributed by atoms with van der Waals surface area (Å²) in [5.74, 6) is -1.66. The molecule has 0 rings (SSSR count). The minimum Gasteiger partial charge on any atom is -0.547 e. The van der Waals surface area contributed by atoms with Gasteiger partial charge in [-0.15, -0.1) is 0 Å². The third kappa shape index (κ3) is 6.32. The fraction of sp³-hybridized carbons (Fsp3) is 0.667. The first-order valence-corrected chi connectivity index (χ1v) is 1.49. The van der Waals surface area contributed by atoms with Crippen molar-refractivity contribution < 1.29 is 14.3 Å². The predicted molar refractivity (Wildman–Crippen MR) is 21.3 cm³/mol. The molecule has 38 valence electrons. The molecule has 0 amide bonds. The van der Waals surface area contributed by atoms with Gasteiger partial charge in [-0.25, -0.2) is 4.39 Å². The first kappa shape index (κ1) is 10.3. The van der Waals surface area contributed by atoms with Crippen LogP contribution in [0.25, 0.3) is 0 Å². The fourth-order valence-electron chi connectivity index (χ4n) is 0. The molecule has 0 saturated heterocycles. The van der Waals surface area contributed by atoms with E-state index >= 15 is 0 Å². The molecule has 0 bridgehead atoms. The molecule has 0 heterocycles. The van der Waals surface area contributed by atoms with Crippen LogP contribution in [0.3, 0.4) is 0 Å². The zero-order valence-electron chi connectivity index (χ0n) is 3.85. The molecule has 0 aromatic heterocycles. The van der Waals surface area contributed by atoms with Crippen molar-refractivity contribution >= 4 is 33.3 Å². The van der Waals surface area contributed by atoms with Gasteiger partial charge in [0.2, 0.25) is 0 Å². The smallest absolute Gasteiger partial charge is 0.547 e. The maximum absolute atomic E-state index is 11.2. The Labute approximate surface area is 60.9 Å². The number of rotatable bonds is 1. The van der Waals surface area contributed by atoms with E-state index in [0.29, 0.717) is 0 Å². The van der Waals surface area contributed by atoms with Gasteiger partial charge in [0.15, 0.2) is 0 Å². The average molecular weight is 295 g/mol. The van der Waals surface area contributed by atoms with E-state index in [2.05, 4.69) is 0 Å². The van der Waals surface area contributed by atoms with Crippen LogP contribution in [0.5, 0.6) is 0 Å². The first-order chi connectivity index (χ1) is 2.64. The molecule has 0 aliphatic rings. The topological polar surface area (TPSA) is 40.1 Å². The van der Waals surface area contributed by atoms with Crippen molar-refractivity contribution in [3.05, 3.63) is 0 Å². The van der Waals surface area contributed by atoms with Gasteiger partial charge in [-0.3, -0.25) is 0 Å². The number of aliphatic carboxylic acids is 1. The van der Waals surface area contributed by atoms with Crippen LogP contribution in [-0.4, -0.2) is 39.4 Å². The van der Waals surface area contributed by atoms with Crippen molar-refractivity contribution in [1.29, 1.82) is 0 Å². The number of alkyl halides is 1. The molecular weight excluding hydrogens is 291 g/mol. The molecule has 1 unspecified atom stereocenters. The Hall–Kier alpha value is 0.322. The van der Waals surface area contributed by atoms with Crippen LogP contribution in [0.15, 0.2) is 0 Å². The van der Waals surface area contributed by atoms with Crippen LogP contribution in [0.4, 0.5) is 4.39 Å². The Morgan fingerprint density at radius 1 is 1.86 bits per heavy atom. The Morgan fingerprint density at radius 2 is 2.00 bits per heavy atom. The molecule has 7 heavy (non-hydrogen) atoms. The largest absolute Gasteiger partial charge is 1.00 e. The van der Waals surface area contributed by atoms with Crippen LogP contribution in [0.2, 0.25) is 0 Å². The van der Waals surface area contributed by atoms with Crippen LogP contribution in [0, 0.1) is 0 Å². The van der Waals surface area contributed by atoms with Crippen molar-refractivity contribution in [3.8, 4) is 0 Å². The van der Waals surface area contributed by atoms with E-state index < -0.39 is 12.1 Å². The molecule has 0 N–H and O–H groups in total. The summed E-state index contributed by atoms with van der Waals surface area (Å²) in [4.78, 5) is 9.21. The molecule has 0 radical (unpaired) electrons. The minimum atomic E-state index is -1.84. The van der Waals surface area contributed by atoms with Gasteiger partial charge in [0.05, 0.1) is 5.97 Å². The molecule has 0 aliphatic carbocycles. The standard InChI is InChI=1S/C3H5FO2.Tl/c1-2(4)3(5)6;/h2H,1H3,(H,5,6);/q;+1/p-1. The molecule has 1 atom stereocenters. The molecule has 4 heteroatoms. The Morgan fingerprint density at radius 3 is 2.00 bits per heavy atom. The average Bonchev–Trinajstić information content (AvgIpc) is 1.36. The monoisotopic (exact) mass is 296 g/mol. The van der Waals surface area contributed by atoms with Gasteiger partial charge >= 0.3 is 27.3 Å². The Kier molecular flexibility index (Phi) is 6.61. The summed E-state index contributed by atoms with van der Waals surface area (Å²) in [5, 5.41) is 9.21. The summed E-state index contributed by atoms with van der Waals surface area (Å²) in [6.07, 6.45) is -1.84. The predicted octanol–water partition coefficient (Wildman–Crippen LogP) is -1.29. The van der Waals surface area contributed by atoms with Crippen LogP contribution < -0.4 is 5.11 Å². The second-order valence-electron chi connectivity index (χ2n) is 0.935. The molecule has 0 spiro atoms. The van der Waals surface area contributed by atoms with E-state index in [4.69, 9.17) is 0 Å². The van der Waals surface area contributed by atoms with Crippen LogP contribution in [0.1, 0.15) is 6.92 Å².